The lowest BCUT2D eigenvalue weighted by atomic mass is 10.1. The minimum atomic E-state index is -0.0789. The van der Waals surface area contributed by atoms with E-state index in [0.717, 1.165) is 17.5 Å². The average Bonchev–Trinajstić information content (AvgIpc) is 2.94. The van der Waals surface area contributed by atoms with Gasteiger partial charge < -0.3 is 9.73 Å². The first-order valence-electron chi connectivity index (χ1n) is 7.48. The average molecular weight is 294 g/mol. The molecule has 1 amide bonds. The fourth-order valence-corrected chi connectivity index (χ4v) is 2.30. The monoisotopic (exact) mass is 294 g/mol. The highest BCUT2D eigenvalue weighted by molar-refractivity contribution is 5.96. The summed E-state index contributed by atoms with van der Waals surface area (Å²) in [6, 6.07) is 15.4. The SMILES string of the molecule is CCCNC(=O)c1ccc2nc(Cc3ccccc3)oc2c1. The Labute approximate surface area is 129 Å². The van der Waals surface area contributed by atoms with Gasteiger partial charge in [-0.3, -0.25) is 4.79 Å². The minimum Gasteiger partial charge on any atom is -0.440 e. The number of hydrogen-bond donors (Lipinski definition) is 1. The highest BCUT2D eigenvalue weighted by Crippen LogP contribution is 2.19. The van der Waals surface area contributed by atoms with E-state index in [-0.39, 0.29) is 5.91 Å². The fourth-order valence-electron chi connectivity index (χ4n) is 2.30. The van der Waals surface area contributed by atoms with Crippen LogP contribution in [-0.2, 0) is 6.42 Å². The number of nitrogens with one attached hydrogen (secondary N) is 1. The Morgan fingerprint density at radius 3 is 2.77 bits per heavy atom. The van der Waals surface area contributed by atoms with Gasteiger partial charge in [0.05, 0.1) is 0 Å². The number of carbonyl (C=O) groups is 1. The zero-order valence-corrected chi connectivity index (χ0v) is 12.5. The largest absolute Gasteiger partial charge is 0.440 e. The van der Waals surface area contributed by atoms with Crippen molar-refractivity contribution in [3.8, 4) is 0 Å². The van der Waals surface area contributed by atoms with Crippen molar-refractivity contribution in [1.82, 2.24) is 10.3 Å². The van der Waals surface area contributed by atoms with Crippen LogP contribution >= 0.6 is 0 Å². The third-order valence-corrected chi connectivity index (χ3v) is 3.43. The number of benzene rings is 2. The molecule has 1 heterocycles. The fraction of sp³-hybridized carbons (Fsp3) is 0.222. The van der Waals surface area contributed by atoms with Crippen molar-refractivity contribution in [2.75, 3.05) is 6.54 Å². The molecule has 0 bridgehead atoms. The number of nitrogens with zero attached hydrogens (tertiary/aromatic N) is 1. The first-order chi connectivity index (χ1) is 10.8. The van der Waals surface area contributed by atoms with Crippen molar-refractivity contribution in [2.24, 2.45) is 0 Å². The number of rotatable bonds is 5. The van der Waals surface area contributed by atoms with Crippen LogP contribution in [0.2, 0.25) is 0 Å². The van der Waals surface area contributed by atoms with E-state index >= 15 is 0 Å². The maximum absolute atomic E-state index is 12.0. The molecule has 4 heteroatoms. The van der Waals surface area contributed by atoms with Crippen molar-refractivity contribution in [1.29, 1.82) is 0 Å². The second-order valence-corrected chi connectivity index (χ2v) is 5.21. The van der Waals surface area contributed by atoms with Crippen molar-refractivity contribution in [3.63, 3.8) is 0 Å². The first-order valence-corrected chi connectivity index (χ1v) is 7.48. The highest BCUT2D eigenvalue weighted by Gasteiger charge is 2.10. The van der Waals surface area contributed by atoms with Crippen molar-refractivity contribution >= 4 is 17.0 Å². The molecule has 0 atom stereocenters. The molecule has 0 unspecified atom stereocenters. The zero-order chi connectivity index (χ0) is 15.4. The molecule has 0 aliphatic carbocycles. The summed E-state index contributed by atoms with van der Waals surface area (Å²) in [7, 11) is 0. The molecule has 0 aliphatic rings. The number of amides is 1. The van der Waals surface area contributed by atoms with Crippen LogP contribution in [0, 0.1) is 0 Å². The number of aromatic nitrogens is 1. The Balaban J connectivity index is 1.82. The Morgan fingerprint density at radius 1 is 1.18 bits per heavy atom. The van der Waals surface area contributed by atoms with Gasteiger partial charge in [-0.25, -0.2) is 4.98 Å². The van der Waals surface area contributed by atoms with Crippen LogP contribution in [0.15, 0.2) is 52.9 Å². The molecule has 0 saturated heterocycles. The number of carbonyl (C=O) groups excluding carboxylic acids is 1. The van der Waals surface area contributed by atoms with Gasteiger partial charge in [0.2, 0.25) is 0 Å². The summed E-state index contributed by atoms with van der Waals surface area (Å²) in [5.74, 6) is 0.581. The summed E-state index contributed by atoms with van der Waals surface area (Å²) in [5, 5.41) is 2.86. The third kappa shape index (κ3) is 3.17. The van der Waals surface area contributed by atoms with E-state index in [4.69, 9.17) is 4.42 Å². The van der Waals surface area contributed by atoms with E-state index in [1.807, 2.05) is 43.3 Å². The maximum Gasteiger partial charge on any atom is 0.251 e. The number of fused-ring (bicyclic) bond motifs is 1. The van der Waals surface area contributed by atoms with E-state index in [9.17, 15) is 4.79 Å². The smallest absolute Gasteiger partial charge is 0.251 e. The predicted octanol–water partition coefficient (Wildman–Crippen LogP) is 3.56. The molecule has 0 radical (unpaired) electrons. The molecule has 22 heavy (non-hydrogen) atoms. The van der Waals surface area contributed by atoms with Gasteiger partial charge >= 0.3 is 0 Å². The topological polar surface area (TPSA) is 55.1 Å². The van der Waals surface area contributed by atoms with Gasteiger partial charge in [-0.05, 0) is 30.2 Å². The van der Waals surface area contributed by atoms with Crippen LogP contribution in [0.25, 0.3) is 11.1 Å². The van der Waals surface area contributed by atoms with Gasteiger partial charge in [-0.2, -0.15) is 0 Å². The van der Waals surface area contributed by atoms with Crippen LogP contribution in [0.5, 0.6) is 0 Å². The Bertz CT molecular complexity index is 778. The van der Waals surface area contributed by atoms with Crippen LogP contribution in [0.1, 0.15) is 35.2 Å². The van der Waals surface area contributed by atoms with Gasteiger partial charge in [-0.1, -0.05) is 37.3 Å². The Morgan fingerprint density at radius 2 is 2.00 bits per heavy atom. The molecule has 3 aromatic rings. The summed E-state index contributed by atoms with van der Waals surface area (Å²) >= 11 is 0. The van der Waals surface area contributed by atoms with Gasteiger partial charge in [0.25, 0.3) is 5.91 Å². The van der Waals surface area contributed by atoms with Crippen LogP contribution in [0.4, 0.5) is 0 Å². The normalized spacial score (nSPS) is 10.8. The molecule has 0 fully saturated rings. The lowest BCUT2D eigenvalue weighted by Gasteiger charge is -2.02. The lowest BCUT2D eigenvalue weighted by Crippen LogP contribution is -2.23. The Hall–Kier alpha value is -2.62. The highest BCUT2D eigenvalue weighted by atomic mass is 16.3. The Kier molecular flexibility index (Phi) is 4.19. The van der Waals surface area contributed by atoms with E-state index in [2.05, 4.69) is 10.3 Å². The van der Waals surface area contributed by atoms with E-state index in [0.29, 0.717) is 30.0 Å². The molecule has 0 aliphatic heterocycles. The van der Waals surface area contributed by atoms with Crippen molar-refractivity contribution in [2.45, 2.75) is 19.8 Å². The summed E-state index contributed by atoms with van der Waals surface area (Å²) in [5.41, 5.74) is 3.17. The predicted molar refractivity (Wildman–Crippen MR) is 85.9 cm³/mol. The molecule has 0 saturated carbocycles. The van der Waals surface area contributed by atoms with Crippen molar-refractivity contribution < 1.29 is 9.21 Å². The summed E-state index contributed by atoms with van der Waals surface area (Å²) in [6.07, 6.45) is 1.56. The molecule has 2 aromatic carbocycles. The molecule has 1 aromatic heterocycles. The van der Waals surface area contributed by atoms with Crippen LogP contribution in [-0.4, -0.2) is 17.4 Å². The quantitative estimate of drug-likeness (QED) is 0.783. The molecule has 4 nitrogen and oxygen atoms in total. The lowest BCUT2D eigenvalue weighted by molar-refractivity contribution is 0.0953. The third-order valence-electron chi connectivity index (χ3n) is 3.43. The maximum atomic E-state index is 12.0. The molecular weight excluding hydrogens is 276 g/mol. The number of hydrogen-bond acceptors (Lipinski definition) is 3. The van der Waals surface area contributed by atoms with Crippen LogP contribution in [0.3, 0.4) is 0 Å². The zero-order valence-electron chi connectivity index (χ0n) is 12.5. The van der Waals surface area contributed by atoms with Gasteiger partial charge in [0.1, 0.15) is 5.52 Å². The molecular formula is C18H18N2O2. The second-order valence-electron chi connectivity index (χ2n) is 5.21. The summed E-state index contributed by atoms with van der Waals surface area (Å²) < 4.78 is 5.78. The van der Waals surface area contributed by atoms with E-state index in [1.165, 1.54) is 0 Å². The number of oxazole rings is 1. The molecule has 1 N–H and O–H groups in total. The van der Waals surface area contributed by atoms with Crippen LogP contribution < -0.4 is 5.32 Å². The molecule has 112 valence electrons. The standard InChI is InChI=1S/C18H18N2O2/c1-2-10-19-18(21)14-8-9-15-16(12-14)22-17(20-15)11-13-6-4-3-5-7-13/h3-9,12H,2,10-11H2,1H3,(H,19,21). The van der Waals surface area contributed by atoms with Gasteiger partial charge in [0.15, 0.2) is 11.5 Å². The van der Waals surface area contributed by atoms with E-state index in [1.54, 1.807) is 12.1 Å². The van der Waals surface area contributed by atoms with Gasteiger partial charge in [-0.15, -0.1) is 0 Å². The second kappa shape index (κ2) is 6.43. The summed E-state index contributed by atoms with van der Waals surface area (Å²) in [6.45, 7) is 2.70. The van der Waals surface area contributed by atoms with E-state index < -0.39 is 0 Å². The van der Waals surface area contributed by atoms with Gasteiger partial charge in [0, 0.05) is 18.5 Å². The van der Waals surface area contributed by atoms with Crippen molar-refractivity contribution in [3.05, 3.63) is 65.5 Å². The molecule has 3 rings (SSSR count). The summed E-state index contributed by atoms with van der Waals surface area (Å²) in [4.78, 5) is 16.4. The minimum absolute atomic E-state index is 0.0789. The molecule has 0 spiro atoms. The first kappa shape index (κ1) is 14.3.